The number of hydrogen-bond donors (Lipinski definition) is 0. The van der Waals surface area contributed by atoms with Gasteiger partial charge in [-0.25, -0.2) is 9.79 Å². The lowest BCUT2D eigenvalue weighted by molar-refractivity contribution is -0.138. The van der Waals surface area contributed by atoms with Gasteiger partial charge in [-0.3, -0.25) is 0 Å². The first-order chi connectivity index (χ1) is 8.62. The number of hydrogen-bond acceptors (Lipinski definition) is 4. The van der Waals surface area contributed by atoms with Gasteiger partial charge in [0.1, 0.15) is 0 Å². The summed E-state index contributed by atoms with van der Waals surface area (Å²) in [4.78, 5) is 15.7. The van der Waals surface area contributed by atoms with Gasteiger partial charge in [-0.15, -0.1) is 0 Å². The molecule has 0 aliphatic carbocycles. The third-order valence-corrected chi connectivity index (χ3v) is 5.83. The number of carbonyl (C=O) groups excluding carboxylic acids is 1. The van der Waals surface area contributed by atoms with Crippen molar-refractivity contribution in [1.82, 2.24) is 0 Å². The zero-order valence-electron chi connectivity index (χ0n) is 13.1. The number of aliphatic imine (C=N–C) groups is 1. The fourth-order valence-electron chi connectivity index (χ4n) is 2.33. The molecule has 1 rings (SSSR count). The van der Waals surface area contributed by atoms with Crippen molar-refractivity contribution in [3.63, 3.8) is 0 Å². The van der Waals surface area contributed by atoms with E-state index in [9.17, 15) is 4.79 Å². The fraction of sp³-hybridized carbons (Fsp3) is 0.857. The molecular weight excluding hydrogens is 258 g/mol. The number of carbonyl (C=O) groups is 1. The zero-order valence-corrected chi connectivity index (χ0v) is 14.1. The molecule has 0 spiro atoms. The lowest BCUT2D eigenvalue weighted by Gasteiger charge is -2.24. The molecule has 110 valence electrons. The van der Waals surface area contributed by atoms with Crippen LogP contribution in [0.2, 0.25) is 19.1 Å². The molecule has 0 aromatic carbocycles. The van der Waals surface area contributed by atoms with Crippen LogP contribution < -0.4 is 0 Å². The van der Waals surface area contributed by atoms with Gasteiger partial charge in [0.15, 0.2) is 19.8 Å². The summed E-state index contributed by atoms with van der Waals surface area (Å²) < 4.78 is 11.2. The van der Waals surface area contributed by atoms with Gasteiger partial charge in [-0.2, -0.15) is 0 Å². The maximum Gasteiger partial charge on any atom is 0.340 e. The summed E-state index contributed by atoms with van der Waals surface area (Å²) in [6.07, 6.45) is 1.54. The molecular formula is C14H27NO3Si. The Kier molecular flexibility index (Phi) is 5.32. The van der Waals surface area contributed by atoms with Crippen LogP contribution in [0.3, 0.4) is 0 Å². The SMILES string of the molecule is CC(C)C[Si](C)(C)OCCCC1=NC(C)(C)C(=O)O1. The Labute approximate surface area is 117 Å². The van der Waals surface area contributed by atoms with Gasteiger partial charge in [-0.05, 0) is 45.3 Å². The number of esters is 1. The molecule has 0 saturated carbocycles. The Bertz CT molecular complexity index is 362. The molecule has 0 unspecified atom stereocenters. The van der Waals surface area contributed by atoms with Gasteiger partial charge in [-0.1, -0.05) is 13.8 Å². The van der Waals surface area contributed by atoms with E-state index in [0.717, 1.165) is 13.0 Å². The van der Waals surface area contributed by atoms with Crippen molar-refractivity contribution < 1.29 is 14.0 Å². The summed E-state index contributed by atoms with van der Waals surface area (Å²) in [6, 6.07) is 1.18. The minimum absolute atomic E-state index is 0.252. The van der Waals surface area contributed by atoms with Gasteiger partial charge >= 0.3 is 5.97 Å². The van der Waals surface area contributed by atoms with Crippen LogP contribution in [0.5, 0.6) is 0 Å². The smallest absolute Gasteiger partial charge is 0.340 e. The van der Waals surface area contributed by atoms with Crippen LogP contribution in [0.15, 0.2) is 4.99 Å². The predicted octanol–water partition coefficient (Wildman–Crippen LogP) is 3.38. The van der Waals surface area contributed by atoms with Crippen molar-refractivity contribution in [3.8, 4) is 0 Å². The Balaban J connectivity index is 2.27. The molecule has 5 heteroatoms. The van der Waals surface area contributed by atoms with E-state index in [0.29, 0.717) is 18.2 Å². The maximum absolute atomic E-state index is 11.5. The minimum atomic E-state index is -1.53. The molecule has 1 aliphatic heterocycles. The van der Waals surface area contributed by atoms with Gasteiger partial charge in [0.2, 0.25) is 0 Å². The van der Waals surface area contributed by atoms with Crippen LogP contribution in [-0.4, -0.2) is 32.3 Å². The predicted molar refractivity (Wildman–Crippen MR) is 79.9 cm³/mol. The zero-order chi connectivity index (χ0) is 14.7. The van der Waals surface area contributed by atoms with Crippen molar-refractivity contribution in [2.24, 2.45) is 10.9 Å². The van der Waals surface area contributed by atoms with Crippen LogP contribution in [0.1, 0.15) is 40.5 Å². The van der Waals surface area contributed by atoms with Gasteiger partial charge in [0.05, 0.1) is 0 Å². The third kappa shape index (κ3) is 5.44. The quantitative estimate of drug-likeness (QED) is 0.409. The Morgan fingerprint density at radius 3 is 2.47 bits per heavy atom. The van der Waals surface area contributed by atoms with E-state index in [1.165, 1.54) is 6.04 Å². The summed E-state index contributed by atoms with van der Waals surface area (Å²) in [5.74, 6) is 0.988. The van der Waals surface area contributed by atoms with Crippen molar-refractivity contribution in [3.05, 3.63) is 0 Å². The minimum Gasteiger partial charge on any atom is -0.417 e. The monoisotopic (exact) mass is 285 g/mol. The topological polar surface area (TPSA) is 47.9 Å². The second-order valence-electron chi connectivity index (χ2n) is 6.76. The fourth-order valence-corrected chi connectivity index (χ4v) is 5.11. The molecule has 0 aromatic rings. The van der Waals surface area contributed by atoms with Crippen molar-refractivity contribution in [2.75, 3.05) is 6.61 Å². The summed E-state index contributed by atoms with van der Waals surface area (Å²) in [5.41, 5.74) is -0.706. The Hall–Kier alpha value is -0.683. The van der Waals surface area contributed by atoms with Crippen molar-refractivity contribution >= 4 is 20.2 Å². The molecule has 0 bridgehead atoms. The summed E-state index contributed by atoms with van der Waals surface area (Å²) in [5, 5.41) is 0. The van der Waals surface area contributed by atoms with Gasteiger partial charge in [0.25, 0.3) is 0 Å². The molecule has 0 atom stereocenters. The largest absolute Gasteiger partial charge is 0.417 e. The van der Waals surface area contributed by atoms with Gasteiger partial charge in [0, 0.05) is 13.0 Å². The number of ether oxygens (including phenoxy) is 1. The summed E-state index contributed by atoms with van der Waals surface area (Å²) in [7, 11) is -1.53. The summed E-state index contributed by atoms with van der Waals surface area (Å²) in [6.45, 7) is 13.2. The van der Waals surface area contributed by atoms with Crippen LogP contribution in [0.4, 0.5) is 0 Å². The van der Waals surface area contributed by atoms with Crippen LogP contribution in [0.25, 0.3) is 0 Å². The molecule has 0 amide bonds. The highest BCUT2D eigenvalue weighted by atomic mass is 28.4. The average Bonchev–Trinajstić information content (AvgIpc) is 2.46. The highest BCUT2D eigenvalue weighted by Crippen LogP contribution is 2.21. The molecule has 0 aromatic heterocycles. The third-order valence-electron chi connectivity index (χ3n) is 3.04. The highest BCUT2D eigenvalue weighted by molar-refractivity contribution is 6.71. The second kappa shape index (κ2) is 6.18. The second-order valence-corrected chi connectivity index (χ2v) is 11.0. The first-order valence-corrected chi connectivity index (χ1v) is 10.2. The molecule has 4 nitrogen and oxygen atoms in total. The van der Waals surface area contributed by atoms with E-state index in [4.69, 9.17) is 9.16 Å². The van der Waals surface area contributed by atoms with E-state index in [-0.39, 0.29) is 5.97 Å². The highest BCUT2D eigenvalue weighted by Gasteiger charge is 2.36. The molecule has 0 N–H and O–H groups in total. The number of cyclic esters (lactones) is 1. The molecule has 1 aliphatic rings. The van der Waals surface area contributed by atoms with E-state index >= 15 is 0 Å². The van der Waals surface area contributed by atoms with E-state index in [2.05, 4.69) is 31.9 Å². The average molecular weight is 285 g/mol. The van der Waals surface area contributed by atoms with Gasteiger partial charge < -0.3 is 9.16 Å². The number of rotatable bonds is 7. The van der Waals surface area contributed by atoms with E-state index < -0.39 is 13.9 Å². The normalized spacial score (nSPS) is 18.7. The Morgan fingerprint density at radius 1 is 1.37 bits per heavy atom. The summed E-state index contributed by atoms with van der Waals surface area (Å²) >= 11 is 0. The van der Waals surface area contributed by atoms with Crippen molar-refractivity contribution in [2.45, 2.75) is 65.2 Å². The molecule has 19 heavy (non-hydrogen) atoms. The Morgan fingerprint density at radius 2 is 2.00 bits per heavy atom. The lowest BCUT2D eigenvalue weighted by Crippen LogP contribution is -2.32. The van der Waals surface area contributed by atoms with Crippen LogP contribution in [-0.2, 0) is 14.0 Å². The first-order valence-electron chi connectivity index (χ1n) is 7.07. The molecule has 0 fully saturated rings. The lowest BCUT2D eigenvalue weighted by atomic mass is 10.1. The van der Waals surface area contributed by atoms with E-state index in [1.807, 2.05) is 0 Å². The number of nitrogens with zero attached hydrogens (tertiary/aromatic N) is 1. The molecule has 1 heterocycles. The van der Waals surface area contributed by atoms with Crippen molar-refractivity contribution in [1.29, 1.82) is 0 Å². The maximum atomic E-state index is 11.5. The standard InChI is InChI=1S/C14H27NO3Si/c1-11(2)10-19(5,6)17-9-7-8-12-15-14(3,4)13(16)18-12/h11H,7-10H2,1-6H3. The van der Waals surface area contributed by atoms with E-state index in [1.54, 1.807) is 13.8 Å². The van der Waals surface area contributed by atoms with Crippen LogP contribution >= 0.6 is 0 Å². The van der Waals surface area contributed by atoms with Crippen LogP contribution in [0, 0.1) is 5.92 Å². The first kappa shape index (κ1) is 16.4. The molecule has 0 radical (unpaired) electrons. The molecule has 0 saturated heterocycles.